The molecule has 178 valence electrons. The van der Waals surface area contributed by atoms with Gasteiger partial charge < -0.3 is 22.8 Å². The second-order valence-electron chi connectivity index (χ2n) is 8.20. The molecule has 0 bridgehead atoms. The van der Waals surface area contributed by atoms with Crippen LogP contribution in [-0.4, -0.2) is 47.9 Å². The Balaban J connectivity index is 1.69. The minimum absolute atomic E-state index is 0.371. The monoisotopic (exact) mass is 452 g/mol. The lowest BCUT2D eigenvalue weighted by Crippen LogP contribution is -2.46. The molecule has 1 fully saturated rings. The Bertz CT molecular complexity index is 555. The van der Waals surface area contributed by atoms with Gasteiger partial charge in [0, 0.05) is 32.5 Å². The van der Waals surface area contributed by atoms with E-state index in [0.717, 1.165) is 57.1 Å². The van der Waals surface area contributed by atoms with Crippen molar-refractivity contribution in [2.75, 3.05) is 33.0 Å². The summed E-state index contributed by atoms with van der Waals surface area (Å²) in [5.74, 6) is 1.62. The van der Waals surface area contributed by atoms with Crippen molar-refractivity contribution < 1.29 is 22.8 Å². The second-order valence-corrected chi connectivity index (χ2v) is 10.9. The largest absolute Gasteiger partial charge is 0.501 e. The molecule has 0 unspecified atom stereocenters. The van der Waals surface area contributed by atoms with Crippen molar-refractivity contribution >= 4 is 8.80 Å². The second kappa shape index (κ2) is 15.0. The molecule has 2 rings (SSSR count). The molecule has 1 aliphatic carbocycles. The van der Waals surface area contributed by atoms with E-state index in [1.165, 1.54) is 18.4 Å². The minimum atomic E-state index is -2.54. The molecule has 1 aromatic carbocycles. The lowest BCUT2D eigenvalue weighted by atomic mass is 9.83. The Hall–Kier alpha value is -0.923. The summed E-state index contributed by atoms with van der Waals surface area (Å²) in [5, 5.41) is 0. The van der Waals surface area contributed by atoms with Gasteiger partial charge in [0.2, 0.25) is 0 Å². The van der Waals surface area contributed by atoms with Crippen molar-refractivity contribution in [1.82, 2.24) is 0 Å². The third kappa shape index (κ3) is 9.22. The summed E-state index contributed by atoms with van der Waals surface area (Å²) in [6.45, 7) is 11.6. The summed E-state index contributed by atoms with van der Waals surface area (Å²) in [6, 6.07) is 9.56. The zero-order valence-electron chi connectivity index (χ0n) is 20.2. The van der Waals surface area contributed by atoms with Crippen molar-refractivity contribution in [2.24, 2.45) is 0 Å². The van der Waals surface area contributed by atoms with Crippen LogP contribution in [0.3, 0.4) is 0 Å². The molecule has 0 radical (unpaired) electrons. The number of ether oxygens (including phenoxy) is 2. The van der Waals surface area contributed by atoms with Crippen molar-refractivity contribution in [1.29, 1.82) is 0 Å². The first-order valence-corrected chi connectivity index (χ1v) is 14.4. The van der Waals surface area contributed by atoms with Crippen LogP contribution < -0.4 is 4.74 Å². The molecule has 0 spiro atoms. The SMILES string of the molecule is CCCCOc1ccc(C2CCC(OCCC[Si](OCC)(OCC)OCC)CC2)cc1. The molecule has 0 heterocycles. The smallest absolute Gasteiger partial charge is 0.494 e. The highest BCUT2D eigenvalue weighted by Crippen LogP contribution is 2.35. The van der Waals surface area contributed by atoms with Gasteiger partial charge in [0.05, 0.1) is 12.7 Å². The van der Waals surface area contributed by atoms with E-state index >= 15 is 0 Å². The van der Waals surface area contributed by atoms with Crippen LogP contribution in [0.5, 0.6) is 5.75 Å². The lowest BCUT2D eigenvalue weighted by molar-refractivity contribution is 0.0202. The lowest BCUT2D eigenvalue weighted by Gasteiger charge is -2.30. The van der Waals surface area contributed by atoms with Crippen LogP contribution >= 0.6 is 0 Å². The normalized spacial score (nSPS) is 19.5. The molecular weight excluding hydrogens is 408 g/mol. The summed E-state index contributed by atoms with van der Waals surface area (Å²) >= 11 is 0. The van der Waals surface area contributed by atoms with Gasteiger partial charge in [-0.3, -0.25) is 0 Å². The molecule has 0 aliphatic heterocycles. The summed E-state index contributed by atoms with van der Waals surface area (Å²) in [4.78, 5) is 0. The van der Waals surface area contributed by atoms with Crippen LogP contribution in [0.1, 0.15) is 84.1 Å². The zero-order chi connectivity index (χ0) is 22.4. The Labute approximate surface area is 191 Å². The average molecular weight is 453 g/mol. The first kappa shape index (κ1) is 26.3. The number of benzene rings is 1. The van der Waals surface area contributed by atoms with Gasteiger partial charge in [-0.05, 0) is 82.9 Å². The quantitative estimate of drug-likeness (QED) is 0.216. The number of unbranched alkanes of at least 4 members (excludes halogenated alkanes) is 1. The van der Waals surface area contributed by atoms with E-state index in [1.807, 2.05) is 20.8 Å². The van der Waals surface area contributed by atoms with E-state index in [4.69, 9.17) is 22.8 Å². The highest BCUT2D eigenvalue weighted by atomic mass is 28.4. The highest BCUT2D eigenvalue weighted by Gasteiger charge is 2.39. The fourth-order valence-corrected chi connectivity index (χ4v) is 6.85. The number of hydrogen-bond acceptors (Lipinski definition) is 5. The zero-order valence-corrected chi connectivity index (χ0v) is 21.2. The van der Waals surface area contributed by atoms with Crippen LogP contribution in [-0.2, 0) is 18.0 Å². The molecule has 0 N–H and O–H groups in total. The van der Waals surface area contributed by atoms with Crippen LogP contribution in [0.4, 0.5) is 0 Å². The van der Waals surface area contributed by atoms with Gasteiger partial charge in [0.25, 0.3) is 0 Å². The van der Waals surface area contributed by atoms with Gasteiger partial charge in [-0.15, -0.1) is 0 Å². The van der Waals surface area contributed by atoms with Crippen molar-refractivity contribution in [3.05, 3.63) is 29.8 Å². The van der Waals surface area contributed by atoms with Gasteiger partial charge in [-0.1, -0.05) is 25.5 Å². The number of rotatable bonds is 16. The van der Waals surface area contributed by atoms with E-state index in [0.29, 0.717) is 31.8 Å². The maximum atomic E-state index is 6.21. The van der Waals surface area contributed by atoms with Crippen LogP contribution in [0.25, 0.3) is 0 Å². The molecule has 0 aromatic heterocycles. The van der Waals surface area contributed by atoms with E-state index in [-0.39, 0.29) is 0 Å². The predicted molar refractivity (Wildman–Crippen MR) is 128 cm³/mol. The summed E-state index contributed by atoms with van der Waals surface area (Å²) in [6.07, 6.45) is 8.21. The Morgan fingerprint density at radius 1 is 0.774 bits per heavy atom. The van der Waals surface area contributed by atoms with Crippen molar-refractivity contribution in [3.63, 3.8) is 0 Å². The van der Waals surface area contributed by atoms with Gasteiger partial charge in [-0.25, -0.2) is 0 Å². The third-order valence-electron chi connectivity index (χ3n) is 5.87. The Kier molecular flexibility index (Phi) is 12.7. The van der Waals surface area contributed by atoms with E-state index in [9.17, 15) is 0 Å². The molecule has 0 amide bonds. The molecule has 1 aliphatic rings. The molecule has 31 heavy (non-hydrogen) atoms. The van der Waals surface area contributed by atoms with E-state index < -0.39 is 8.80 Å². The molecule has 0 atom stereocenters. The standard InChI is InChI=1S/C25H44O5Si/c1-5-9-19-26-24-15-11-22(12-16-24)23-13-17-25(18-14-23)27-20-10-21-31(28-6-2,29-7-3)30-8-4/h11-12,15-16,23,25H,5-10,13-14,17-21H2,1-4H3. The highest BCUT2D eigenvalue weighted by molar-refractivity contribution is 6.60. The van der Waals surface area contributed by atoms with Gasteiger partial charge in [0.1, 0.15) is 5.75 Å². The fraction of sp³-hybridized carbons (Fsp3) is 0.760. The maximum absolute atomic E-state index is 6.21. The summed E-state index contributed by atoms with van der Waals surface area (Å²) in [7, 11) is -2.54. The van der Waals surface area contributed by atoms with Crippen molar-refractivity contribution in [3.8, 4) is 5.75 Å². The predicted octanol–water partition coefficient (Wildman–Crippen LogP) is 6.35. The van der Waals surface area contributed by atoms with Crippen LogP contribution in [0, 0.1) is 0 Å². The minimum Gasteiger partial charge on any atom is -0.494 e. The number of hydrogen-bond donors (Lipinski definition) is 0. The molecule has 1 aromatic rings. The topological polar surface area (TPSA) is 46.2 Å². The molecule has 0 saturated heterocycles. The maximum Gasteiger partial charge on any atom is 0.501 e. The molecule has 6 heteroatoms. The Morgan fingerprint density at radius 2 is 1.39 bits per heavy atom. The first-order valence-electron chi connectivity index (χ1n) is 12.4. The van der Waals surface area contributed by atoms with E-state index in [2.05, 4.69) is 31.2 Å². The Morgan fingerprint density at radius 3 is 1.94 bits per heavy atom. The van der Waals surface area contributed by atoms with Gasteiger partial charge in [0.15, 0.2) is 0 Å². The summed E-state index contributed by atoms with van der Waals surface area (Å²) < 4.78 is 29.8. The van der Waals surface area contributed by atoms with Gasteiger partial charge >= 0.3 is 8.80 Å². The summed E-state index contributed by atoms with van der Waals surface area (Å²) in [5.41, 5.74) is 1.43. The van der Waals surface area contributed by atoms with E-state index in [1.54, 1.807) is 0 Å². The third-order valence-corrected chi connectivity index (χ3v) is 9.02. The van der Waals surface area contributed by atoms with Gasteiger partial charge in [-0.2, -0.15) is 0 Å². The fourth-order valence-electron chi connectivity index (χ4n) is 4.27. The molecular formula is C25H44O5Si. The van der Waals surface area contributed by atoms with Crippen LogP contribution in [0.15, 0.2) is 24.3 Å². The average Bonchev–Trinajstić information content (AvgIpc) is 2.78. The molecule has 5 nitrogen and oxygen atoms in total. The van der Waals surface area contributed by atoms with Crippen LogP contribution in [0.2, 0.25) is 6.04 Å². The van der Waals surface area contributed by atoms with Crippen molar-refractivity contribution in [2.45, 2.75) is 90.7 Å². The first-order chi connectivity index (χ1) is 15.2. The molecule has 1 saturated carbocycles.